The molecule has 0 spiro atoms. The van der Waals surface area contributed by atoms with Crippen molar-refractivity contribution in [2.75, 3.05) is 31.7 Å². The van der Waals surface area contributed by atoms with Crippen LogP contribution in [-0.2, 0) is 9.84 Å². The summed E-state index contributed by atoms with van der Waals surface area (Å²) < 4.78 is 28.1. The third-order valence-corrected chi connectivity index (χ3v) is 4.88. The highest BCUT2D eigenvalue weighted by Crippen LogP contribution is 2.27. The Balaban J connectivity index is 0.00000676. The van der Waals surface area contributed by atoms with E-state index < -0.39 is 9.84 Å². The highest BCUT2D eigenvalue weighted by Gasteiger charge is 2.09. The Labute approximate surface area is 189 Å². The number of sulfone groups is 1. The zero-order chi connectivity index (χ0) is 19.6. The average Bonchev–Trinajstić information content (AvgIpc) is 2.54. The predicted octanol–water partition coefficient (Wildman–Crippen LogP) is 3.76. The van der Waals surface area contributed by atoms with Crippen molar-refractivity contribution in [2.45, 2.75) is 32.7 Å². The van der Waals surface area contributed by atoms with Crippen molar-refractivity contribution >= 4 is 63.0 Å². The largest absolute Gasteiger partial charge is 0.492 e. The number of nitrogens with one attached hydrogen (secondary N) is 2. The molecule has 1 aromatic carbocycles. The van der Waals surface area contributed by atoms with Gasteiger partial charge in [0, 0.05) is 36.8 Å². The van der Waals surface area contributed by atoms with Crippen molar-refractivity contribution in [3.05, 3.63) is 28.2 Å². The van der Waals surface area contributed by atoms with Crippen LogP contribution in [0.15, 0.2) is 23.2 Å². The second-order valence-corrected chi connectivity index (χ2v) is 9.10. The number of halogens is 3. The SMILES string of the molecule is CCNC(=NCCCOc1ccc(Cl)cc1Cl)NC(C)CCS(C)(=O)=O.I. The van der Waals surface area contributed by atoms with Crippen LogP contribution in [-0.4, -0.2) is 52.1 Å². The topological polar surface area (TPSA) is 79.8 Å². The molecule has 1 aromatic rings. The highest BCUT2D eigenvalue weighted by atomic mass is 127. The molecule has 6 nitrogen and oxygen atoms in total. The van der Waals surface area contributed by atoms with Crippen LogP contribution in [0.5, 0.6) is 5.75 Å². The van der Waals surface area contributed by atoms with E-state index in [-0.39, 0.29) is 35.8 Å². The molecule has 0 radical (unpaired) electrons. The number of rotatable bonds is 10. The van der Waals surface area contributed by atoms with E-state index >= 15 is 0 Å². The zero-order valence-corrected chi connectivity index (χ0v) is 20.5. The Morgan fingerprint density at radius 1 is 1.33 bits per heavy atom. The lowest BCUT2D eigenvalue weighted by molar-refractivity contribution is 0.313. The van der Waals surface area contributed by atoms with E-state index in [2.05, 4.69) is 15.6 Å². The smallest absolute Gasteiger partial charge is 0.191 e. The van der Waals surface area contributed by atoms with Gasteiger partial charge in [-0.2, -0.15) is 0 Å². The first-order valence-corrected chi connectivity index (χ1v) is 11.3. The fraction of sp³-hybridized carbons (Fsp3) is 0.588. The van der Waals surface area contributed by atoms with E-state index in [0.717, 1.165) is 6.54 Å². The minimum Gasteiger partial charge on any atom is -0.492 e. The summed E-state index contributed by atoms with van der Waals surface area (Å²) in [6, 6.07) is 5.11. The maximum atomic E-state index is 11.2. The predicted molar refractivity (Wildman–Crippen MR) is 125 cm³/mol. The van der Waals surface area contributed by atoms with Crippen LogP contribution in [0.3, 0.4) is 0 Å². The van der Waals surface area contributed by atoms with Crippen LogP contribution in [0.2, 0.25) is 10.0 Å². The summed E-state index contributed by atoms with van der Waals surface area (Å²) in [6.45, 7) is 5.68. The molecule has 27 heavy (non-hydrogen) atoms. The molecular formula is C17H28Cl2IN3O3S. The minimum atomic E-state index is -2.96. The third kappa shape index (κ3) is 12.6. The minimum absolute atomic E-state index is 0. The number of aliphatic imine (C=N–C) groups is 1. The number of ether oxygens (including phenoxy) is 1. The molecule has 0 bridgehead atoms. The Bertz CT molecular complexity index is 703. The third-order valence-electron chi connectivity index (χ3n) is 3.37. The van der Waals surface area contributed by atoms with Crippen molar-refractivity contribution in [1.82, 2.24) is 10.6 Å². The molecule has 0 saturated carbocycles. The summed E-state index contributed by atoms with van der Waals surface area (Å²) in [5.74, 6) is 1.41. The van der Waals surface area contributed by atoms with Gasteiger partial charge in [0.05, 0.1) is 17.4 Å². The summed E-state index contributed by atoms with van der Waals surface area (Å²) in [7, 11) is -2.96. The van der Waals surface area contributed by atoms with Gasteiger partial charge in [0.1, 0.15) is 15.6 Å². The molecule has 0 amide bonds. The van der Waals surface area contributed by atoms with Gasteiger partial charge in [-0.05, 0) is 38.5 Å². The molecule has 0 heterocycles. The second kappa shape index (κ2) is 13.7. The number of hydrogen-bond acceptors (Lipinski definition) is 4. The zero-order valence-electron chi connectivity index (χ0n) is 15.8. The highest BCUT2D eigenvalue weighted by molar-refractivity contribution is 14.0. The fourth-order valence-electron chi connectivity index (χ4n) is 2.05. The van der Waals surface area contributed by atoms with Gasteiger partial charge in [-0.1, -0.05) is 23.2 Å². The quantitative estimate of drug-likeness (QED) is 0.200. The molecule has 0 aliphatic heterocycles. The monoisotopic (exact) mass is 551 g/mol. The van der Waals surface area contributed by atoms with Crippen LogP contribution in [0.1, 0.15) is 26.7 Å². The van der Waals surface area contributed by atoms with E-state index in [1.165, 1.54) is 6.26 Å². The van der Waals surface area contributed by atoms with Crippen LogP contribution >= 0.6 is 47.2 Å². The van der Waals surface area contributed by atoms with E-state index in [9.17, 15) is 8.42 Å². The maximum Gasteiger partial charge on any atom is 0.191 e. The lowest BCUT2D eigenvalue weighted by atomic mass is 10.3. The van der Waals surface area contributed by atoms with Gasteiger partial charge in [-0.15, -0.1) is 24.0 Å². The first-order chi connectivity index (χ1) is 12.2. The molecule has 0 aliphatic rings. The molecule has 0 saturated heterocycles. The second-order valence-electron chi connectivity index (χ2n) is 6.00. The van der Waals surface area contributed by atoms with Crippen molar-refractivity contribution in [3.63, 3.8) is 0 Å². The van der Waals surface area contributed by atoms with Gasteiger partial charge >= 0.3 is 0 Å². The van der Waals surface area contributed by atoms with Crippen LogP contribution < -0.4 is 15.4 Å². The number of benzene rings is 1. The van der Waals surface area contributed by atoms with Crippen LogP contribution in [0.25, 0.3) is 0 Å². The average molecular weight is 552 g/mol. The Morgan fingerprint density at radius 2 is 2.04 bits per heavy atom. The van der Waals surface area contributed by atoms with Gasteiger partial charge in [0.25, 0.3) is 0 Å². The number of hydrogen-bond donors (Lipinski definition) is 2. The first-order valence-electron chi connectivity index (χ1n) is 8.51. The molecule has 156 valence electrons. The molecule has 2 N–H and O–H groups in total. The van der Waals surface area contributed by atoms with Gasteiger partial charge < -0.3 is 15.4 Å². The Kier molecular flexibility index (Phi) is 13.5. The standard InChI is InChI=1S/C17H27Cl2N3O3S.HI/c1-4-20-17(22-13(2)8-11-26(3,23)24)21-9-5-10-25-16-7-6-14(18)12-15(16)19;/h6-7,12-13H,4-5,8-11H2,1-3H3,(H2,20,21,22);1H. The Morgan fingerprint density at radius 3 is 2.63 bits per heavy atom. The molecule has 0 aliphatic carbocycles. The maximum absolute atomic E-state index is 11.2. The fourth-order valence-corrected chi connectivity index (χ4v) is 3.29. The van der Waals surface area contributed by atoms with Crippen molar-refractivity contribution in [3.8, 4) is 5.75 Å². The molecule has 0 aromatic heterocycles. The van der Waals surface area contributed by atoms with Crippen molar-refractivity contribution < 1.29 is 13.2 Å². The number of nitrogens with zero attached hydrogens (tertiary/aromatic N) is 1. The summed E-state index contributed by atoms with van der Waals surface area (Å²) in [5, 5.41) is 7.41. The number of guanidine groups is 1. The normalized spacial score (nSPS) is 12.9. The molecular weight excluding hydrogens is 524 g/mol. The van der Waals surface area contributed by atoms with Gasteiger partial charge in [0.15, 0.2) is 5.96 Å². The summed E-state index contributed by atoms with van der Waals surface area (Å²) in [5.41, 5.74) is 0. The van der Waals surface area contributed by atoms with E-state index in [1.54, 1.807) is 18.2 Å². The molecule has 1 rings (SSSR count). The van der Waals surface area contributed by atoms with Gasteiger partial charge in [-0.3, -0.25) is 4.99 Å². The van der Waals surface area contributed by atoms with Crippen molar-refractivity contribution in [1.29, 1.82) is 0 Å². The lowest BCUT2D eigenvalue weighted by Crippen LogP contribution is -2.43. The summed E-state index contributed by atoms with van der Waals surface area (Å²) in [6.07, 6.45) is 2.49. The lowest BCUT2D eigenvalue weighted by Gasteiger charge is -2.17. The first kappa shape index (κ1) is 26.6. The molecule has 1 atom stereocenters. The van der Waals surface area contributed by atoms with Crippen LogP contribution in [0.4, 0.5) is 0 Å². The molecule has 1 unspecified atom stereocenters. The van der Waals surface area contributed by atoms with E-state index in [4.69, 9.17) is 27.9 Å². The van der Waals surface area contributed by atoms with Gasteiger partial charge in [0.2, 0.25) is 0 Å². The van der Waals surface area contributed by atoms with E-state index in [1.807, 2.05) is 13.8 Å². The van der Waals surface area contributed by atoms with Crippen LogP contribution in [0, 0.1) is 0 Å². The summed E-state index contributed by atoms with van der Waals surface area (Å²) in [4.78, 5) is 4.48. The molecule has 10 heteroatoms. The van der Waals surface area contributed by atoms with Gasteiger partial charge in [-0.25, -0.2) is 8.42 Å². The molecule has 0 fully saturated rings. The van der Waals surface area contributed by atoms with Crippen molar-refractivity contribution in [2.24, 2.45) is 4.99 Å². The van der Waals surface area contributed by atoms with E-state index in [0.29, 0.717) is 47.7 Å². The Hall–Kier alpha value is -0.450. The summed E-state index contributed by atoms with van der Waals surface area (Å²) >= 11 is 11.9.